The first-order valence-corrected chi connectivity index (χ1v) is 9.94. The van der Waals surface area contributed by atoms with Crippen molar-refractivity contribution in [2.45, 2.75) is 40.0 Å². The summed E-state index contributed by atoms with van der Waals surface area (Å²) in [5.41, 5.74) is 6.89. The molecule has 4 amide bonds. The summed E-state index contributed by atoms with van der Waals surface area (Å²) in [7, 11) is 1.67. The van der Waals surface area contributed by atoms with Crippen LogP contribution >= 0.6 is 11.3 Å². The first-order chi connectivity index (χ1) is 13.1. The molecule has 28 heavy (non-hydrogen) atoms. The molecule has 0 fully saturated rings. The van der Waals surface area contributed by atoms with Crippen LogP contribution < -0.4 is 16.4 Å². The fourth-order valence-electron chi connectivity index (χ4n) is 3.59. The Balaban J connectivity index is 1.98. The van der Waals surface area contributed by atoms with E-state index in [-0.39, 0.29) is 11.3 Å². The smallest absolute Gasteiger partial charge is 0.319 e. The van der Waals surface area contributed by atoms with Gasteiger partial charge in [0, 0.05) is 18.1 Å². The van der Waals surface area contributed by atoms with Gasteiger partial charge in [0.15, 0.2) is 0 Å². The van der Waals surface area contributed by atoms with E-state index in [1.165, 1.54) is 22.2 Å². The topological polar surface area (TPSA) is 119 Å². The van der Waals surface area contributed by atoms with Crippen LogP contribution in [-0.4, -0.2) is 27.6 Å². The average Bonchev–Trinajstić information content (AvgIpc) is 3.15. The summed E-state index contributed by atoms with van der Waals surface area (Å²) in [6.45, 7) is 6.63. The number of carbonyl (C=O) groups excluding carboxylic acids is 3. The molecular formula is C19H25N5O3S. The average molecular weight is 404 g/mol. The molecule has 0 spiro atoms. The lowest BCUT2D eigenvalue weighted by Crippen LogP contribution is -2.36. The van der Waals surface area contributed by atoms with Crippen molar-refractivity contribution in [1.82, 2.24) is 15.1 Å². The van der Waals surface area contributed by atoms with Crippen molar-refractivity contribution < 1.29 is 14.4 Å². The van der Waals surface area contributed by atoms with E-state index in [0.29, 0.717) is 22.2 Å². The Morgan fingerprint density at radius 1 is 1.29 bits per heavy atom. The Morgan fingerprint density at radius 2 is 2.00 bits per heavy atom. The lowest BCUT2D eigenvalue weighted by atomic mass is 9.72. The van der Waals surface area contributed by atoms with Gasteiger partial charge in [0.1, 0.15) is 10.7 Å². The summed E-state index contributed by atoms with van der Waals surface area (Å²) in [6, 6.07) is 0.680. The molecule has 1 atom stereocenters. The van der Waals surface area contributed by atoms with Crippen molar-refractivity contribution in [1.29, 1.82) is 0 Å². The predicted octanol–water partition coefficient (Wildman–Crippen LogP) is 2.69. The van der Waals surface area contributed by atoms with E-state index in [1.807, 2.05) is 0 Å². The third-order valence-corrected chi connectivity index (χ3v) is 6.40. The number of aryl methyl sites for hydroxylation is 1. The van der Waals surface area contributed by atoms with Crippen molar-refractivity contribution in [3.8, 4) is 0 Å². The number of anilines is 1. The van der Waals surface area contributed by atoms with Gasteiger partial charge < -0.3 is 11.1 Å². The van der Waals surface area contributed by atoms with Crippen LogP contribution in [0.25, 0.3) is 0 Å². The highest BCUT2D eigenvalue weighted by Crippen LogP contribution is 2.44. The summed E-state index contributed by atoms with van der Waals surface area (Å²) >= 11 is 1.39. The van der Waals surface area contributed by atoms with Crippen LogP contribution in [0.2, 0.25) is 0 Å². The van der Waals surface area contributed by atoms with E-state index in [2.05, 4.69) is 36.5 Å². The lowest BCUT2D eigenvalue weighted by Gasteiger charge is -2.33. The van der Waals surface area contributed by atoms with Crippen LogP contribution in [0.5, 0.6) is 0 Å². The van der Waals surface area contributed by atoms with Gasteiger partial charge in [-0.25, -0.2) is 4.79 Å². The van der Waals surface area contributed by atoms with Gasteiger partial charge in [-0.1, -0.05) is 20.8 Å². The second-order valence-corrected chi connectivity index (χ2v) is 9.23. The maximum atomic E-state index is 12.6. The molecule has 2 heterocycles. The molecule has 4 N–H and O–H groups in total. The highest BCUT2D eigenvalue weighted by atomic mass is 32.1. The van der Waals surface area contributed by atoms with Crippen LogP contribution in [0.4, 0.5) is 9.80 Å². The van der Waals surface area contributed by atoms with E-state index in [9.17, 15) is 14.4 Å². The fourth-order valence-corrected chi connectivity index (χ4v) is 4.91. The van der Waals surface area contributed by atoms with Crippen LogP contribution in [0.1, 0.15) is 58.5 Å². The van der Waals surface area contributed by atoms with Crippen LogP contribution in [0, 0.1) is 11.3 Å². The van der Waals surface area contributed by atoms with Crippen LogP contribution in [0.15, 0.2) is 12.3 Å². The number of imide groups is 1. The van der Waals surface area contributed by atoms with E-state index in [0.717, 1.165) is 29.7 Å². The monoisotopic (exact) mass is 403 g/mol. The van der Waals surface area contributed by atoms with Crippen molar-refractivity contribution in [2.75, 3.05) is 5.32 Å². The van der Waals surface area contributed by atoms with Gasteiger partial charge in [0.05, 0.1) is 5.56 Å². The van der Waals surface area contributed by atoms with Gasteiger partial charge in [-0.15, -0.1) is 11.3 Å². The standard InChI is InChI=1S/C19H25N5O3S/c1-19(2,3)10-5-6-11-13(9-10)28-17(14(11)16(26)23-18(20)27)22-15(25)12-7-8-21-24(12)4/h7-8,10H,5-6,9H2,1-4H3,(H,22,25)(H3,20,23,26,27)/t10-/m1/s1. The normalized spacial score (nSPS) is 16.4. The second kappa shape index (κ2) is 7.38. The Morgan fingerprint density at radius 3 is 2.57 bits per heavy atom. The van der Waals surface area contributed by atoms with E-state index >= 15 is 0 Å². The van der Waals surface area contributed by atoms with Crippen molar-refractivity contribution in [3.63, 3.8) is 0 Å². The molecule has 0 saturated heterocycles. The number of primary amides is 1. The summed E-state index contributed by atoms with van der Waals surface area (Å²) < 4.78 is 1.46. The highest BCUT2D eigenvalue weighted by Gasteiger charge is 2.34. The minimum absolute atomic E-state index is 0.148. The number of thiophene rings is 1. The summed E-state index contributed by atoms with van der Waals surface area (Å²) in [4.78, 5) is 37.6. The molecule has 0 radical (unpaired) electrons. The summed E-state index contributed by atoms with van der Waals surface area (Å²) in [6.07, 6.45) is 4.03. The molecule has 0 saturated carbocycles. The van der Waals surface area contributed by atoms with E-state index < -0.39 is 11.9 Å². The number of amides is 4. The zero-order chi connectivity index (χ0) is 20.6. The Bertz CT molecular complexity index is 938. The number of hydrogen-bond donors (Lipinski definition) is 3. The Hall–Kier alpha value is -2.68. The van der Waals surface area contributed by atoms with Crippen molar-refractivity contribution in [3.05, 3.63) is 34.0 Å². The molecule has 8 nitrogen and oxygen atoms in total. The van der Waals surface area contributed by atoms with Gasteiger partial charge in [0.25, 0.3) is 11.8 Å². The predicted molar refractivity (Wildman–Crippen MR) is 107 cm³/mol. The first-order valence-electron chi connectivity index (χ1n) is 9.12. The first kappa shape index (κ1) is 20.1. The molecule has 1 aliphatic carbocycles. The molecule has 3 rings (SSSR count). The van der Waals surface area contributed by atoms with Crippen LogP contribution in [0.3, 0.4) is 0 Å². The zero-order valence-electron chi connectivity index (χ0n) is 16.5. The van der Waals surface area contributed by atoms with Gasteiger partial charge in [-0.2, -0.15) is 5.10 Å². The van der Waals surface area contributed by atoms with E-state index in [4.69, 9.17) is 5.73 Å². The van der Waals surface area contributed by atoms with Crippen LogP contribution in [-0.2, 0) is 19.9 Å². The van der Waals surface area contributed by atoms with Gasteiger partial charge >= 0.3 is 6.03 Å². The third kappa shape index (κ3) is 3.94. The van der Waals surface area contributed by atoms with Gasteiger partial charge in [-0.05, 0) is 42.2 Å². The third-order valence-electron chi connectivity index (χ3n) is 5.23. The number of urea groups is 1. The van der Waals surface area contributed by atoms with E-state index in [1.54, 1.807) is 13.1 Å². The molecule has 1 aliphatic rings. The number of hydrogen-bond acceptors (Lipinski definition) is 5. The SMILES string of the molecule is Cn1nccc1C(=O)Nc1sc2c(c1C(=O)NC(N)=O)CC[C@@H](C(C)(C)C)C2. The van der Waals surface area contributed by atoms with Gasteiger partial charge in [-0.3, -0.25) is 19.6 Å². The zero-order valence-corrected chi connectivity index (χ0v) is 17.3. The number of aromatic nitrogens is 2. The molecule has 2 aromatic rings. The lowest BCUT2D eigenvalue weighted by molar-refractivity contribution is 0.0966. The van der Waals surface area contributed by atoms with Crippen molar-refractivity contribution >= 4 is 34.2 Å². The van der Waals surface area contributed by atoms with Crippen molar-refractivity contribution in [2.24, 2.45) is 24.1 Å². The molecule has 0 aromatic carbocycles. The molecular weight excluding hydrogens is 378 g/mol. The fraction of sp³-hybridized carbons (Fsp3) is 0.474. The molecule has 9 heteroatoms. The number of carbonyl (C=O) groups is 3. The maximum Gasteiger partial charge on any atom is 0.319 e. The summed E-state index contributed by atoms with van der Waals surface area (Å²) in [5.74, 6) is -0.468. The second-order valence-electron chi connectivity index (χ2n) is 8.13. The Labute approximate surface area is 167 Å². The largest absolute Gasteiger partial charge is 0.351 e. The highest BCUT2D eigenvalue weighted by molar-refractivity contribution is 7.17. The Kier molecular flexibility index (Phi) is 5.29. The minimum atomic E-state index is -0.919. The molecule has 0 aliphatic heterocycles. The summed E-state index contributed by atoms with van der Waals surface area (Å²) in [5, 5.41) is 9.39. The molecule has 150 valence electrons. The van der Waals surface area contributed by atoms with Gasteiger partial charge in [0.2, 0.25) is 0 Å². The number of rotatable bonds is 3. The molecule has 0 unspecified atom stereocenters. The molecule has 0 bridgehead atoms. The number of fused-ring (bicyclic) bond motifs is 1. The maximum absolute atomic E-state index is 12.6. The minimum Gasteiger partial charge on any atom is -0.351 e. The quantitative estimate of drug-likeness (QED) is 0.730. The number of nitrogens with zero attached hydrogens (tertiary/aromatic N) is 2. The number of nitrogens with two attached hydrogens (primary N) is 1. The molecule has 2 aromatic heterocycles. The number of nitrogens with one attached hydrogen (secondary N) is 2.